The van der Waals surface area contributed by atoms with Crippen LogP contribution in [0.4, 0.5) is 0 Å². The van der Waals surface area contributed by atoms with Gasteiger partial charge in [-0.2, -0.15) is 0 Å². The third-order valence-electron chi connectivity index (χ3n) is 3.62. The Kier molecular flexibility index (Phi) is 5.71. The minimum absolute atomic E-state index is 0.254. The predicted molar refractivity (Wildman–Crippen MR) is 85.8 cm³/mol. The Morgan fingerprint density at radius 2 is 2.05 bits per heavy atom. The summed E-state index contributed by atoms with van der Waals surface area (Å²) in [6, 6.07) is 8.94. The summed E-state index contributed by atoms with van der Waals surface area (Å²) in [7, 11) is 0. The van der Waals surface area contributed by atoms with Crippen LogP contribution in [0.25, 0.3) is 0 Å². The van der Waals surface area contributed by atoms with Gasteiger partial charge < -0.3 is 5.73 Å². The van der Waals surface area contributed by atoms with Gasteiger partial charge in [-0.1, -0.05) is 38.1 Å². The number of aromatic nitrogens is 1. The van der Waals surface area contributed by atoms with Crippen molar-refractivity contribution >= 4 is 11.3 Å². The van der Waals surface area contributed by atoms with E-state index in [4.69, 9.17) is 5.73 Å². The Morgan fingerprint density at radius 1 is 1.30 bits per heavy atom. The van der Waals surface area contributed by atoms with Gasteiger partial charge in [0.25, 0.3) is 0 Å². The van der Waals surface area contributed by atoms with Gasteiger partial charge in [-0.3, -0.25) is 4.90 Å². The highest BCUT2D eigenvalue weighted by Gasteiger charge is 2.24. The highest BCUT2D eigenvalue weighted by Crippen LogP contribution is 2.26. The van der Waals surface area contributed by atoms with Gasteiger partial charge in [0.15, 0.2) is 0 Å². The topological polar surface area (TPSA) is 42.1 Å². The predicted octanol–water partition coefficient (Wildman–Crippen LogP) is 3.23. The molecule has 0 radical (unpaired) electrons. The van der Waals surface area contributed by atoms with Gasteiger partial charge in [-0.25, -0.2) is 4.98 Å². The molecule has 1 aliphatic heterocycles. The molecule has 1 aromatic carbocycles. The molecule has 0 saturated heterocycles. The number of fused-ring (bicyclic) bond motifs is 1. The van der Waals surface area contributed by atoms with Crippen molar-refractivity contribution in [3.8, 4) is 0 Å². The van der Waals surface area contributed by atoms with Gasteiger partial charge in [-0.05, 0) is 17.5 Å². The lowest BCUT2D eigenvalue weighted by molar-refractivity contribution is 0.181. The van der Waals surface area contributed by atoms with E-state index in [1.807, 2.05) is 19.4 Å². The molecule has 3 rings (SSSR count). The summed E-state index contributed by atoms with van der Waals surface area (Å²) in [5, 5.41) is 2.11. The first kappa shape index (κ1) is 15.2. The van der Waals surface area contributed by atoms with Gasteiger partial charge >= 0.3 is 0 Å². The average molecular weight is 289 g/mol. The number of thiazole rings is 1. The third kappa shape index (κ3) is 3.26. The molecule has 20 heavy (non-hydrogen) atoms. The molecule has 0 amide bonds. The minimum atomic E-state index is 0.254. The maximum absolute atomic E-state index is 5.94. The lowest BCUT2D eigenvalue weighted by Gasteiger charge is -2.34. The first-order valence-electron chi connectivity index (χ1n) is 7.27. The van der Waals surface area contributed by atoms with Crippen molar-refractivity contribution in [2.75, 3.05) is 13.1 Å². The summed E-state index contributed by atoms with van der Waals surface area (Å²) < 4.78 is 0. The molecule has 4 heteroatoms. The molecule has 108 valence electrons. The highest BCUT2D eigenvalue weighted by molar-refractivity contribution is 7.07. The maximum atomic E-state index is 5.94. The van der Waals surface area contributed by atoms with Crippen molar-refractivity contribution < 1.29 is 0 Å². The molecule has 0 aliphatic carbocycles. The minimum Gasteiger partial charge on any atom is -0.329 e. The van der Waals surface area contributed by atoms with Crippen molar-refractivity contribution in [1.29, 1.82) is 0 Å². The number of nitrogens with zero attached hydrogens (tertiary/aromatic N) is 2. The molecular formula is C16H23N3S. The van der Waals surface area contributed by atoms with Crippen molar-refractivity contribution in [2.24, 2.45) is 5.73 Å². The largest absolute Gasteiger partial charge is 0.329 e. The second-order valence-electron chi connectivity index (χ2n) is 4.65. The Morgan fingerprint density at radius 3 is 2.70 bits per heavy atom. The van der Waals surface area contributed by atoms with E-state index in [1.165, 1.54) is 11.1 Å². The van der Waals surface area contributed by atoms with Crippen LogP contribution in [0.2, 0.25) is 0 Å². The van der Waals surface area contributed by atoms with Gasteiger partial charge in [0, 0.05) is 25.0 Å². The van der Waals surface area contributed by atoms with Crippen LogP contribution in [-0.4, -0.2) is 23.0 Å². The molecule has 1 unspecified atom stereocenters. The molecule has 2 N–H and O–H groups in total. The van der Waals surface area contributed by atoms with Crippen LogP contribution < -0.4 is 5.73 Å². The molecule has 1 atom stereocenters. The number of hydrogen-bond acceptors (Lipinski definition) is 4. The zero-order valence-electron chi connectivity index (χ0n) is 12.2. The lowest BCUT2D eigenvalue weighted by Crippen LogP contribution is -2.37. The molecule has 0 spiro atoms. The molecule has 0 saturated carbocycles. The van der Waals surface area contributed by atoms with Crippen LogP contribution in [0.5, 0.6) is 0 Å². The standard InChI is InChI=1S/C14H17N3S.C2H6/c15-7-14(13-9-18-10-16-13)17-6-5-11-3-1-2-4-12(11)8-17;1-2/h1-4,9-10,14H,5-8,15H2;1-2H3. The molecule has 1 aliphatic rings. The van der Waals surface area contributed by atoms with E-state index in [0.717, 1.165) is 25.2 Å². The van der Waals surface area contributed by atoms with E-state index in [0.29, 0.717) is 6.54 Å². The molecule has 1 aromatic heterocycles. The van der Waals surface area contributed by atoms with Crippen LogP contribution in [-0.2, 0) is 13.0 Å². The fraction of sp³-hybridized carbons (Fsp3) is 0.438. The summed E-state index contributed by atoms with van der Waals surface area (Å²) in [6.07, 6.45) is 1.11. The zero-order chi connectivity index (χ0) is 14.4. The van der Waals surface area contributed by atoms with Crippen molar-refractivity contribution in [1.82, 2.24) is 9.88 Å². The third-order valence-corrected chi connectivity index (χ3v) is 4.22. The smallest absolute Gasteiger partial charge is 0.0795 e. The van der Waals surface area contributed by atoms with E-state index in [9.17, 15) is 0 Å². The fourth-order valence-corrected chi connectivity index (χ4v) is 3.23. The summed E-state index contributed by atoms with van der Waals surface area (Å²) in [5.74, 6) is 0. The van der Waals surface area contributed by atoms with E-state index >= 15 is 0 Å². The Hall–Kier alpha value is -1.23. The molecule has 0 fully saturated rings. The summed E-state index contributed by atoms with van der Waals surface area (Å²) in [4.78, 5) is 6.86. The first-order chi connectivity index (χ1) is 9.88. The summed E-state index contributed by atoms with van der Waals surface area (Å²) in [6.45, 7) is 6.68. The summed E-state index contributed by atoms with van der Waals surface area (Å²) >= 11 is 1.64. The normalized spacial score (nSPS) is 15.9. The van der Waals surface area contributed by atoms with E-state index in [-0.39, 0.29) is 6.04 Å². The fourth-order valence-electron chi connectivity index (χ4n) is 2.63. The molecule has 0 bridgehead atoms. The lowest BCUT2D eigenvalue weighted by atomic mass is 9.98. The number of nitrogens with two attached hydrogens (primary N) is 1. The van der Waals surface area contributed by atoms with Crippen molar-refractivity contribution in [3.63, 3.8) is 0 Å². The van der Waals surface area contributed by atoms with Crippen molar-refractivity contribution in [2.45, 2.75) is 32.9 Å². The maximum Gasteiger partial charge on any atom is 0.0795 e. The quantitative estimate of drug-likeness (QED) is 0.943. The van der Waals surface area contributed by atoms with Gasteiger partial charge in [0.05, 0.1) is 17.2 Å². The van der Waals surface area contributed by atoms with Crippen LogP contribution >= 0.6 is 11.3 Å². The monoisotopic (exact) mass is 289 g/mol. The average Bonchev–Trinajstić information content (AvgIpc) is 3.04. The Balaban J connectivity index is 0.000000704. The van der Waals surface area contributed by atoms with Crippen LogP contribution in [0, 0.1) is 0 Å². The molecule has 3 nitrogen and oxygen atoms in total. The zero-order valence-corrected chi connectivity index (χ0v) is 13.1. The second kappa shape index (κ2) is 7.53. The van der Waals surface area contributed by atoms with Gasteiger partial charge in [-0.15, -0.1) is 11.3 Å². The number of rotatable bonds is 3. The van der Waals surface area contributed by atoms with Crippen LogP contribution in [0.3, 0.4) is 0 Å². The summed E-state index contributed by atoms with van der Waals surface area (Å²) in [5.41, 5.74) is 11.8. The van der Waals surface area contributed by atoms with Crippen LogP contribution in [0.1, 0.15) is 36.7 Å². The van der Waals surface area contributed by atoms with Crippen molar-refractivity contribution in [3.05, 3.63) is 52.0 Å². The second-order valence-corrected chi connectivity index (χ2v) is 5.37. The van der Waals surface area contributed by atoms with Gasteiger partial charge in [0.2, 0.25) is 0 Å². The molecule has 2 heterocycles. The first-order valence-corrected chi connectivity index (χ1v) is 8.21. The highest BCUT2D eigenvalue weighted by atomic mass is 32.1. The van der Waals surface area contributed by atoms with Gasteiger partial charge in [0.1, 0.15) is 0 Å². The number of hydrogen-bond donors (Lipinski definition) is 1. The molecule has 2 aromatic rings. The Bertz CT molecular complexity index is 510. The Labute approximate surface area is 125 Å². The SMILES string of the molecule is CC.NCC(c1cscn1)N1CCc2ccccc2C1. The van der Waals surface area contributed by atoms with E-state index in [1.54, 1.807) is 11.3 Å². The van der Waals surface area contributed by atoms with Crippen LogP contribution in [0.15, 0.2) is 35.2 Å². The van der Waals surface area contributed by atoms with E-state index < -0.39 is 0 Å². The van der Waals surface area contributed by atoms with E-state index in [2.05, 4.69) is 39.5 Å². The number of benzene rings is 1. The molecular weight excluding hydrogens is 266 g/mol.